The van der Waals surface area contributed by atoms with Crippen LogP contribution in [-0.4, -0.2) is 53.2 Å². The van der Waals surface area contributed by atoms with E-state index in [0.29, 0.717) is 6.54 Å². The van der Waals surface area contributed by atoms with Crippen molar-refractivity contribution < 1.29 is 9.53 Å². The summed E-state index contributed by atoms with van der Waals surface area (Å²) < 4.78 is 5.52. The number of likely N-dealkylation sites (tertiary alicyclic amines) is 1. The first-order chi connectivity index (χ1) is 11.9. The van der Waals surface area contributed by atoms with Gasteiger partial charge in [0.15, 0.2) is 0 Å². The maximum atomic E-state index is 12.4. The molecule has 1 aromatic rings. The van der Waals surface area contributed by atoms with Gasteiger partial charge in [-0.1, -0.05) is 0 Å². The summed E-state index contributed by atoms with van der Waals surface area (Å²) in [5.41, 5.74) is 1.82. The van der Waals surface area contributed by atoms with E-state index in [0.717, 1.165) is 56.2 Å². The lowest BCUT2D eigenvalue weighted by Gasteiger charge is -2.34. The summed E-state index contributed by atoms with van der Waals surface area (Å²) in [5, 5.41) is 6.59. The Morgan fingerprint density at radius 2 is 2.16 bits per heavy atom. The molecular formula is C18H29N5O2. The molecule has 7 nitrogen and oxygen atoms in total. The number of anilines is 1. The number of amides is 1. The van der Waals surface area contributed by atoms with E-state index in [9.17, 15) is 4.79 Å². The average Bonchev–Trinajstić information content (AvgIpc) is 2.59. The molecule has 0 aliphatic carbocycles. The molecule has 1 amide bonds. The van der Waals surface area contributed by atoms with Gasteiger partial charge in [0.05, 0.1) is 5.69 Å². The second-order valence-corrected chi connectivity index (χ2v) is 7.80. The zero-order valence-electron chi connectivity index (χ0n) is 15.7. The van der Waals surface area contributed by atoms with Crippen LogP contribution in [0.2, 0.25) is 0 Å². The van der Waals surface area contributed by atoms with Crippen molar-refractivity contribution >= 4 is 11.9 Å². The van der Waals surface area contributed by atoms with Crippen molar-refractivity contribution in [3.8, 4) is 0 Å². The molecule has 3 heterocycles. The molecule has 25 heavy (non-hydrogen) atoms. The van der Waals surface area contributed by atoms with Crippen molar-refractivity contribution in [1.29, 1.82) is 0 Å². The van der Waals surface area contributed by atoms with Gasteiger partial charge < -0.3 is 20.3 Å². The minimum Gasteiger partial charge on any atom is -0.444 e. The van der Waals surface area contributed by atoms with Gasteiger partial charge in [-0.15, -0.1) is 0 Å². The molecule has 2 aliphatic heterocycles. The van der Waals surface area contributed by atoms with Crippen LogP contribution in [0.1, 0.15) is 56.6 Å². The summed E-state index contributed by atoms with van der Waals surface area (Å²) in [4.78, 5) is 23.8. The van der Waals surface area contributed by atoms with Gasteiger partial charge in [0.1, 0.15) is 17.2 Å². The number of aromatic nitrogens is 2. The molecular weight excluding hydrogens is 318 g/mol. The predicted molar refractivity (Wildman–Crippen MR) is 96.8 cm³/mol. The summed E-state index contributed by atoms with van der Waals surface area (Å²) >= 11 is 0. The third kappa shape index (κ3) is 4.21. The number of nitrogens with zero attached hydrogens (tertiary/aromatic N) is 3. The van der Waals surface area contributed by atoms with Gasteiger partial charge in [0, 0.05) is 38.2 Å². The zero-order valence-corrected chi connectivity index (χ0v) is 15.7. The molecule has 0 spiro atoms. The van der Waals surface area contributed by atoms with E-state index in [1.807, 2.05) is 27.8 Å². The molecule has 3 rings (SSSR count). The second kappa shape index (κ2) is 7.15. The first kappa shape index (κ1) is 17.9. The lowest BCUT2D eigenvalue weighted by Crippen LogP contribution is -2.42. The van der Waals surface area contributed by atoms with Gasteiger partial charge in [-0.25, -0.2) is 14.8 Å². The zero-order chi connectivity index (χ0) is 18.0. The molecule has 1 aromatic heterocycles. The van der Waals surface area contributed by atoms with Crippen LogP contribution < -0.4 is 10.6 Å². The molecule has 1 saturated heterocycles. The van der Waals surface area contributed by atoms with E-state index in [1.165, 1.54) is 5.56 Å². The van der Waals surface area contributed by atoms with E-state index in [-0.39, 0.29) is 12.0 Å². The fraction of sp³-hybridized carbons (Fsp3) is 0.722. The quantitative estimate of drug-likeness (QED) is 0.854. The first-order valence-corrected chi connectivity index (χ1v) is 9.13. The highest BCUT2D eigenvalue weighted by Gasteiger charge is 2.30. The smallest absolute Gasteiger partial charge is 0.410 e. The van der Waals surface area contributed by atoms with Crippen molar-refractivity contribution in [3.63, 3.8) is 0 Å². The van der Waals surface area contributed by atoms with Gasteiger partial charge in [0.25, 0.3) is 0 Å². The third-order valence-electron chi connectivity index (χ3n) is 4.63. The molecule has 1 atom stereocenters. The van der Waals surface area contributed by atoms with E-state index in [4.69, 9.17) is 14.7 Å². The number of carbonyl (C=O) groups excluding carboxylic acids is 1. The number of carbonyl (C=O) groups is 1. The molecule has 0 aromatic carbocycles. The summed E-state index contributed by atoms with van der Waals surface area (Å²) in [7, 11) is 1.91. The molecule has 1 fully saturated rings. The number of hydrogen-bond donors (Lipinski definition) is 2. The number of rotatable bonds is 2. The van der Waals surface area contributed by atoms with Crippen molar-refractivity contribution in [2.45, 2.75) is 58.1 Å². The second-order valence-electron chi connectivity index (χ2n) is 7.80. The Bertz CT molecular complexity index is 624. The Morgan fingerprint density at radius 3 is 2.88 bits per heavy atom. The SMILES string of the molecule is CNc1nc(C2CCCN(C(=O)OC(C)(C)C)C2)nc2c1CCNC2. The number of piperidine rings is 1. The standard InChI is InChI=1S/C18H29N5O2/c1-18(2,3)25-17(24)23-9-5-6-12(11-23)15-21-14-10-20-8-7-13(14)16(19-4)22-15/h12,20H,5-11H2,1-4H3,(H,19,21,22). The van der Waals surface area contributed by atoms with Crippen LogP contribution in [0.25, 0.3) is 0 Å². The molecule has 0 saturated carbocycles. The topological polar surface area (TPSA) is 79.4 Å². The van der Waals surface area contributed by atoms with Crippen LogP contribution >= 0.6 is 0 Å². The average molecular weight is 347 g/mol. The summed E-state index contributed by atoms with van der Waals surface area (Å²) in [5.74, 6) is 1.91. The Balaban J connectivity index is 1.78. The summed E-state index contributed by atoms with van der Waals surface area (Å²) in [6.07, 6.45) is 2.64. The minimum atomic E-state index is -0.475. The minimum absolute atomic E-state index is 0.153. The maximum absolute atomic E-state index is 12.4. The van der Waals surface area contributed by atoms with E-state index >= 15 is 0 Å². The monoisotopic (exact) mass is 347 g/mol. The van der Waals surface area contributed by atoms with Gasteiger partial charge in [0.2, 0.25) is 0 Å². The molecule has 2 N–H and O–H groups in total. The summed E-state index contributed by atoms with van der Waals surface area (Å²) in [6, 6.07) is 0. The lowest BCUT2D eigenvalue weighted by atomic mass is 9.96. The van der Waals surface area contributed by atoms with Crippen LogP contribution in [0.4, 0.5) is 10.6 Å². The van der Waals surface area contributed by atoms with Crippen LogP contribution in [0, 0.1) is 0 Å². The predicted octanol–water partition coefficient (Wildman–Crippen LogP) is 2.28. The van der Waals surface area contributed by atoms with Gasteiger partial charge in [-0.2, -0.15) is 0 Å². The highest BCUT2D eigenvalue weighted by atomic mass is 16.6. The van der Waals surface area contributed by atoms with Gasteiger partial charge >= 0.3 is 6.09 Å². The fourth-order valence-corrected chi connectivity index (χ4v) is 3.45. The van der Waals surface area contributed by atoms with Crippen LogP contribution in [0.15, 0.2) is 0 Å². The molecule has 2 aliphatic rings. The van der Waals surface area contributed by atoms with Crippen molar-refractivity contribution in [2.75, 3.05) is 32.0 Å². The van der Waals surface area contributed by atoms with Gasteiger partial charge in [-0.05, 0) is 46.6 Å². The molecule has 7 heteroatoms. The van der Waals surface area contributed by atoms with Gasteiger partial charge in [-0.3, -0.25) is 0 Å². The molecule has 138 valence electrons. The third-order valence-corrected chi connectivity index (χ3v) is 4.63. The Hall–Kier alpha value is -1.89. The van der Waals surface area contributed by atoms with E-state index in [2.05, 4.69) is 10.6 Å². The van der Waals surface area contributed by atoms with Crippen LogP contribution in [0.3, 0.4) is 0 Å². The maximum Gasteiger partial charge on any atom is 0.410 e. The van der Waals surface area contributed by atoms with Crippen molar-refractivity contribution in [1.82, 2.24) is 20.2 Å². The highest BCUT2D eigenvalue weighted by molar-refractivity contribution is 5.68. The number of hydrogen-bond acceptors (Lipinski definition) is 6. The van der Waals surface area contributed by atoms with Crippen LogP contribution in [-0.2, 0) is 17.7 Å². The Kier molecular flexibility index (Phi) is 5.13. The molecule has 0 bridgehead atoms. The largest absolute Gasteiger partial charge is 0.444 e. The Labute approximate surface area is 149 Å². The summed E-state index contributed by atoms with van der Waals surface area (Å²) in [6.45, 7) is 8.77. The lowest BCUT2D eigenvalue weighted by molar-refractivity contribution is 0.0196. The first-order valence-electron chi connectivity index (χ1n) is 9.13. The normalized spacial score (nSPS) is 20.8. The van der Waals surface area contributed by atoms with E-state index < -0.39 is 5.60 Å². The Morgan fingerprint density at radius 1 is 1.36 bits per heavy atom. The number of nitrogens with one attached hydrogen (secondary N) is 2. The van der Waals surface area contributed by atoms with Crippen molar-refractivity contribution in [2.24, 2.45) is 0 Å². The van der Waals surface area contributed by atoms with E-state index in [1.54, 1.807) is 4.90 Å². The fourth-order valence-electron chi connectivity index (χ4n) is 3.45. The highest BCUT2D eigenvalue weighted by Crippen LogP contribution is 2.29. The molecule has 0 radical (unpaired) electrons. The number of fused-ring (bicyclic) bond motifs is 1. The number of ether oxygens (including phenoxy) is 1. The van der Waals surface area contributed by atoms with Crippen LogP contribution in [0.5, 0.6) is 0 Å². The molecule has 1 unspecified atom stereocenters. The van der Waals surface area contributed by atoms with Crippen molar-refractivity contribution in [3.05, 3.63) is 17.1 Å².